The number of aryl methyl sites for hydroxylation is 1. The Bertz CT molecular complexity index is 287. The van der Waals surface area contributed by atoms with E-state index in [0.717, 1.165) is 31.3 Å². The number of aromatic nitrogens is 1. The molecular weight excluding hydrogens is 188 g/mol. The minimum atomic E-state index is 0.599. The fourth-order valence-corrected chi connectivity index (χ4v) is 1.21. The molecule has 1 N–H and O–H groups in total. The van der Waals surface area contributed by atoms with Gasteiger partial charge < -0.3 is 10.1 Å². The number of anilines is 1. The van der Waals surface area contributed by atoms with Crippen LogP contribution in [0.5, 0.6) is 0 Å². The predicted octanol–water partition coefficient (Wildman–Crippen LogP) is 2.47. The summed E-state index contributed by atoms with van der Waals surface area (Å²) < 4.78 is 5.46. The predicted molar refractivity (Wildman–Crippen MR) is 63.1 cm³/mol. The van der Waals surface area contributed by atoms with Crippen molar-refractivity contribution < 1.29 is 4.74 Å². The molecule has 0 saturated heterocycles. The zero-order chi connectivity index (χ0) is 11.1. The second kappa shape index (κ2) is 6.40. The summed E-state index contributed by atoms with van der Waals surface area (Å²) in [5.74, 6) is 1.52. The van der Waals surface area contributed by atoms with Gasteiger partial charge in [0.25, 0.3) is 0 Å². The van der Waals surface area contributed by atoms with Gasteiger partial charge in [-0.15, -0.1) is 0 Å². The number of nitrogens with one attached hydrogen (secondary N) is 1. The van der Waals surface area contributed by atoms with Crippen molar-refractivity contribution in [3.63, 3.8) is 0 Å². The van der Waals surface area contributed by atoms with Crippen LogP contribution in [-0.2, 0) is 4.74 Å². The van der Waals surface area contributed by atoms with E-state index in [2.05, 4.69) is 24.1 Å². The molecule has 0 aliphatic rings. The molecule has 1 aromatic rings. The Morgan fingerprint density at radius 1 is 1.40 bits per heavy atom. The van der Waals surface area contributed by atoms with Crippen LogP contribution in [0.3, 0.4) is 0 Å². The summed E-state index contributed by atoms with van der Waals surface area (Å²) in [6, 6.07) is 5.95. The second-order valence-corrected chi connectivity index (χ2v) is 4.06. The van der Waals surface area contributed by atoms with Crippen molar-refractivity contribution in [2.24, 2.45) is 5.92 Å². The molecule has 15 heavy (non-hydrogen) atoms. The zero-order valence-corrected chi connectivity index (χ0v) is 9.79. The molecule has 0 unspecified atom stereocenters. The van der Waals surface area contributed by atoms with Crippen LogP contribution >= 0.6 is 0 Å². The van der Waals surface area contributed by atoms with Crippen molar-refractivity contribution in [2.75, 3.05) is 25.1 Å². The van der Waals surface area contributed by atoms with Gasteiger partial charge in [-0.25, -0.2) is 4.98 Å². The van der Waals surface area contributed by atoms with Crippen molar-refractivity contribution in [2.45, 2.75) is 20.8 Å². The quantitative estimate of drug-likeness (QED) is 0.729. The van der Waals surface area contributed by atoms with E-state index in [9.17, 15) is 0 Å². The maximum Gasteiger partial charge on any atom is 0.126 e. The molecule has 3 nitrogen and oxygen atoms in total. The average molecular weight is 208 g/mol. The van der Waals surface area contributed by atoms with Crippen LogP contribution in [0.25, 0.3) is 0 Å². The van der Waals surface area contributed by atoms with Gasteiger partial charge in [-0.2, -0.15) is 0 Å². The molecule has 0 aliphatic carbocycles. The Morgan fingerprint density at radius 2 is 2.20 bits per heavy atom. The van der Waals surface area contributed by atoms with Crippen molar-refractivity contribution in [1.82, 2.24) is 4.98 Å². The molecule has 0 spiro atoms. The molecule has 0 amide bonds. The Kier molecular flexibility index (Phi) is 5.12. The van der Waals surface area contributed by atoms with Crippen LogP contribution in [-0.4, -0.2) is 24.7 Å². The normalized spacial score (nSPS) is 10.7. The van der Waals surface area contributed by atoms with Crippen LogP contribution in [0, 0.1) is 12.8 Å². The molecule has 1 heterocycles. The third-order valence-corrected chi connectivity index (χ3v) is 1.89. The molecule has 1 rings (SSSR count). The van der Waals surface area contributed by atoms with Gasteiger partial charge in [0.2, 0.25) is 0 Å². The first-order valence-electron chi connectivity index (χ1n) is 5.44. The number of hydrogen-bond acceptors (Lipinski definition) is 3. The first kappa shape index (κ1) is 12.0. The Morgan fingerprint density at radius 3 is 2.87 bits per heavy atom. The standard InChI is InChI=1S/C12H20N2O/c1-10(2)9-15-8-7-13-12-6-4-5-11(3)14-12/h4-6,10H,7-9H2,1-3H3,(H,13,14). The molecule has 0 aromatic carbocycles. The molecule has 0 atom stereocenters. The first-order chi connectivity index (χ1) is 7.18. The fourth-order valence-electron chi connectivity index (χ4n) is 1.21. The number of pyridine rings is 1. The van der Waals surface area contributed by atoms with Crippen molar-refractivity contribution in [1.29, 1.82) is 0 Å². The Hall–Kier alpha value is -1.09. The molecular formula is C12H20N2O. The van der Waals surface area contributed by atoms with Crippen LogP contribution in [0.15, 0.2) is 18.2 Å². The lowest BCUT2D eigenvalue weighted by molar-refractivity contribution is 0.118. The van der Waals surface area contributed by atoms with Gasteiger partial charge in [-0.1, -0.05) is 19.9 Å². The minimum absolute atomic E-state index is 0.599. The van der Waals surface area contributed by atoms with Crippen LogP contribution in [0.1, 0.15) is 19.5 Å². The van der Waals surface area contributed by atoms with Gasteiger partial charge in [-0.05, 0) is 25.0 Å². The lowest BCUT2D eigenvalue weighted by Crippen LogP contribution is -2.12. The van der Waals surface area contributed by atoms with E-state index >= 15 is 0 Å². The highest BCUT2D eigenvalue weighted by molar-refractivity contribution is 5.34. The van der Waals surface area contributed by atoms with Crippen molar-refractivity contribution >= 4 is 5.82 Å². The van der Waals surface area contributed by atoms with Gasteiger partial charge in [0.15, 0.2) is 0 Å². The average Bonchev–Trinajstić information content (AvgIpc) is 2.17. The van der Waals surface area contributed by atoms with Gasteiger partial charge in [0.1, 0.15) is 5.82 Å². The number of hydrogen-bond donors (Lipinski definition) is 1. The third kappa shape index (κ3) is 5.37. The van der Waals surface area contributed by atoms with E-state index in [4.69, 9.17) is 4.74 Å². The summed E-state index contributed by atoms with van der Waals surface area (Å²) in [6.07, 6.45) is 0. The monoisotopic (exact) mass is 208 g/mol. The Balaban J connectivity index is 2.15. The maximum atomic E-state index is 5.46. The SMILES string of the molecule is Cc1cccc(NCCOCC(C)C)n1. The Labute approximate surface area is 91.9 Å². The van der Waals surface area contributed by atoms with Gasteiger partial charge >= 0.3 is 0 Å². The van der Waals surface area contributed by atoms with Gasteiger partial charge in [0, 0.05) is 18.8 Å². The summed E-state index contributed by atoms with van der Waals surface area (Å²) in [5.41, 5.74) is 1.03. The highest BCUT2D eigenvalue weighted by Gasteiger charge is 1.95. The van der Waals surface area contributed by atoms with Crippen LogP contribution < -0.4 is 5.32 Å². The summed E-state index contributed by atoms with van der Waals surface area (Å²) in [7, 11) is 0. The van der Waals surface area contributed by atoms with Crippen molar-refractivity contribution in [3.8, 4) is 0 Å². The minimum Gasteiger partial charge on any atom is -0.379 e. The van der Waals surface area contributed by atoms with Crippen LogP contribution in [0.2, 0.25) is 0 Å². The molecule has 0 radical (unpaired) electrons. The lowest BCUT2D eigenvalue weighted by Gasteiger charge is -2.08. The highest BCUT2D eigenvalue weighted by Crippen LogP contribution is 2.02. The third-order valence-electron chi connectivity index (χ3n) is 1.89. The zero-order valence-electron chi connectivity index (χ0n) is 9.79. The second-order valence-electron chi connectivity index (χ2n) is 4.06. The van der Waals surface area contributed by atoms with Gasteiger partial charge in [0.05, 0.1) is 6.61 Å². The molecule has 0 saturated carbocycles. The maximum absolute atomic E-state index is 5.46. The van der Waals surface area contributed by atoms with E-state index in [0.29, 0.717) is 5.92 Å². The first-order valence-corrected chi connectivity index (χ1v) is 5.44. The molecule has 3 heteroatoms. The van der Waals surface area contributed by atoms with E-state index in [-0.39, 0.29) is 0 Å². The van der Waals surface area contributed by atoms with Crippen LogP contribution in [0.4, 0.5) is 5.82 Å². The van der Waals surface area contributed by atoms with E-state index in [1.807, 2.05) is 25.1 Å². The largest absolute Gasteiger partial charge is 0.379 e. The molecule has 1 aromatic heterocycles. The topological polar surface area (TPSA) is 34.1 Å². The highest BCUT2D eigenvalue weighted by atomic mass is 16.5. The summed E-state index contributed by atoms with van der Waals surface area (Å²) in [4.78, 5) is 4.34. The molecule has 84 valence electrons. The van der Waals surface area contributed by atoms with E-state index in [1.165, 1.54) is 0 Å². The molecule has 0 fully saturated rings. The smallest absolute Gasteiger partial charge is 0.126 e. The number of nitrogens with zero attached hydrogens (tertiary/aromatic N) is 1. The van der Waals surface area contributed by atoms with Gasteiger partial charge in [-0.3, -0.25) is 0 Å². The summed E-state index contributed by atoms with van der Waals surface area (Å²) >= 11 is 0. The van der Waals surface area contributed by atoms with E-state index in [1.54, 1.807) is 0 Å². The number of rotatable bonds is 6. The lowest BCUT2D eigenvalue weighted by atomic mass is 10.2. The summed E-state index contributed by atoms with van der Waals surface area (Å²) in [5, 5.41) is 3.22. The molecule has 0 bridgehead atoms. The number of ether oxygens (including phenoxy) is 1. The molecule has 0 aliphatic heterocycles. The fraction of sp³-hybridized carbons (Fsp3) is 0.583. The van der Waals surface area contributed by atoms with E-state index < -0.39 is 0 Å². The van der Waals surface area contributed by atoms with Crippen molar-refractivity contribution in [3.05, 3.63) is 23.9 Å². The summed E-state index contributed by atoms with van der Waals surface area (Å²) in [6.45, 7) is 8.64.